The quantitative estimate of drug-likeness (QED) is 0.281. The molecular weight excluding hydrogens is 607 g/mol. The first kappa shape index (κ1) is 32.8. The number of nitrogens with zero attached hydrogens (tertiary/aromatic N) is 3. The van der Waals surface area contributed by atoms with Gasteiger partial charge in [0, 0.05) is 29.1 Å². The molecule has 0 radical (unpaired) electrons. The molecule has 0 aromatic heterocycles. The van der Waals surface area contributed by atoms with Gasteiger partial charge in [0.25, 0.3) is 0 Å². The van der Waals surface area contributed by atoms with E-state index < -0.39 is 11.6 Å². The van der Waals surface area contributed by atoms with E-state index in [1.165, 1.54) is 0 Å². The number of likely N-dealkylation sites (tertiary alicyclic amines) is 1. The average Bonchev–Trinajstić information content (AvgIpc) is 3.37. The van der Waals surface area contributed by atoms with Crippen molar-refractivity contribution in [3.63, 3.8) is 0 Å². The van der Waals surface area contributed by atoms with Crippen molar-refractivity contribution >= 4 is 41.0 Å². The number of nitrogens with two attached hydrogens (primary N) is 1. The molecule has 5 rings (SSSR count). The zero-order valence-corrected chi connectivity index (χ0v) is 28.2. The van der Waals surface area contributed by atoms with Gasteiger partial charge in [0.1, 0.15) is 17.1 Å². The summed E-state index contributed by atoms with van der Waals surface area (Å²) in [5.41, 5.74) is 8.39. The van der Waals surface area contributed by atoms with Crippen molar-refractivity contribution in [1.29, 1.82) is 0 Å². The molecule has 2 unspecified atom stereocenters. The number of urea groups is 1. The number of rotatable bonds is 7. The molecule has 1 fully saturated rings. The minimum absolute atomic E-state index is 0.107. The highest BCUT2D eigenvalue weighted by Gasteiger charge is 2.53. The first-order chi connectivity index (χ1) is 21.4. The molecule has 45 heavy (non-hydrogen) atoms. The van der Waals surface area contributed by atoms with Crippen LogP contribution in [-0.4, -0.2) is 47.3 Å². The minimum atomic E-state index is -0.846. The number of hydrogen-bond donors (Lipinski definition) is 1. The Balaban J connectivity index is 1.75. The summed E-state index contributed by atoms with van der Waals surface area (Å²) in [6.45, 7) is 11.8. The lowest BCUT2D eigenvalue weighted by atomic mass is 9.78. The third-order valence-corrected chi connectivity index (χ3v) is 9.58. The molecule has 3 amide bonds. The van der Waals surface area contributed by atoms with E-state index in [1.54, 1.807) is 0 Å². The summed E-state index contributed by atoms with van der Waals surface area (Å²) >= 11 is 12.7. The number of amidine groups is 1. The highest BCUT2D eigenvalue weighted by Crippen LogP contribution is 2.52. The fraction of sp³-hybridized carbons (Fsp3) is 0.417. The molecule has 7 nitrogen and oxygen atoms in total. The largest absolute Gasteiger partial charge is 0.493 e. The van der Waals surface area contributed by atoms with Crippen LogP contribution in [0.15, 0.2) is 71.7 Å². The van der Waals surface area contributed by atoms with Crippen LogP contribution in [0.5, 0.6) is 5.75 Å². The van der Waals surface area contributed by atoms with Crippen LogP contribution in [0.4, 0.5) is 4.79 Å². The molecule has 2 atom stereocenters. The Hall–Kier alpha value is -3.55. The van der Waals surface area contributed by atoms with E-state index in [4.69, 9.17) is 38.7 Å². The lowest BCUT2D eigenvalue weighted by Gasteiger charge is -2.40. The number of benzene rings is 3. The summed E-state index contributed by atoms with van der Waals surface area (Å²) in [5, 5.41) is 1.23. The molecule has 238 valence electrons. The van der Waals surface area contributed by atoms with Crippen LogP contribution in [0.25, 0.3) is 0 Å². The Morgan fingerprint density at radius 3 is 2.09 bits per heavy atom. The molecule has 0 aliphatic carbocycles. The van der Waals surface area contributed by atoms with Gasteiger partial charge in [0.05, 0.1) is 18.2 Å². The summed E-state index contributed by atoms with van der Waals surface area (Å²) in [6.07, 6.45) is 1.64. The Bertz CT molecular complexity index is 1580. The van der Waals surface area contributed by atoms with Crippen LogP contribution < -0.4 is 10.5 Å². The van der Waals surface area contributed by atoms with E-state index in [2.05, 4.69) is 39.8 Å². The Labute approximate surface area is 276 Å². The van der Waals surface area contributed by atoms with E-state index in [0.29, 0.717) is 60.6 Å². The SMILES string of the molecule is CCOc1cc(C(C)(C)C)ccc1C1=NC(CC)(c2ccc(Cl)cc2)C(c2ccc(Cl)cc2)N1C(=O)N1CCC(C(N)=O)CC1. The molecule has 2 N–H and O–H groups in total. The molecule has 0 bridgehead atoms. The summed E-state index contributed by atoms with van der Waals surface area (Å²) in [6, 6.07) is 20.9. The number of carbonyl (C=O) groups excluding carboxylic acids is 2. The van der Waals surface area contributed by atoms with E-state index in [-0.39, 0.29) is 23.3 Å². The maximum Gasteiger partial charge on any atom is 0.326 e. The van der Waals surface area contributed by atoms with Gasteiger partial charge in [-0.1, -0.05) is 81.2 Å². The van der Waals surface area contributed by atoms with Gasteiger partial charge in [0.2, 0.25) is 5.91 Å². The number of piperidine rings is 1. The van der Waals surface area contributed by atoms with Crippen molar-refractivity contribution in [2.45, 2.75) is 70.9 Å². The van der Waals surface area contributed by atoms with Gasteiger partial charge in [-0.3, -0.25) is 14.7 Å². The highest BCUT2D eigenvalue weighted by atomic mass is 35.5. The lowest BCUT2D eigenvalue weighted by molar-refractivity contribution is -0.123. The predicted molar refractivity (Wildman–Crippen MR) is 181 cm³/mol. The van der Waals surface area contributed by atoms with Crippen molar-refractivity contribution in [2.24, 2.45) is 16.6 Å². The summed E-state index contributed by atoms with van der Waals surface area (Å²) < 4.78 is 6.26. The second-order valence-electron chi connectivity index (χ2n) is 12.9. The zero-order valence-electron chi connectivity index (χ0n) is 26.6. The van der Waals surface area contributed by atoms with Gasteiger partial charge in [-0.2, -0.15) is 0 Å². The van der Waals surface area contributed by atoms with Gasteiger partial charge in [0.15, 0.2) is 0 Å². The second-order valence-corrected chi connectivity index (χ2v) is 13.8. The molecule has 2 heterocycles. The van der Waals surface area contributed by atoms with E-state index in [1.807, 2.05) is 71.3 Å². The standard InChI is InChI=1S/C36H42Cl2N4O3/c1-6-36(25-10-15-28(38)16-11-25)31(23-8-13-27(37)14-9-23)42(34(44)41-20-18-24(19-21-41)32(39)43)33(40-36)29-17-12-26(35(3,4)5)22-30(29)45-7-2/h8-17,22,24,31H,6-7,18-21H2,1-5H3,(H2,39,43). The third kappa shape index (κ3) is 6.43. The first-order valence-electron chi connectivity index (χ1n) is 15.7. The van der Waals surface area contributed by atoms with Gasteiger partial charge in [-0.25, -0.2) is 4.79 Å². The van der Waals surface area contributed by atoms with E-state index in [9.17, 15) is 9.59 Å². The topological polar surface area (TPSA) is 88.2 Å². The Morgan fingerprint density at radius 1 is 0.956 bits per heavy atom. The normalized spacial score (nSPS) is 20.7. The Morgan fingerprint density at radius 2 is 1.56 bits per heavy atom. The number of hydrogen-bond acceptors (Lipinski definition) is 4. The summed E-state index contributed by atoms with van der Waals surface area (Å²) in [4.78, 5) is 36.0. The maximum absolute atomic E-state index is 14.9. The fourth-order valence-electron chi connectivity index (χ4n) is 6.49. The summed E-state index contributed by atoms with van der Waals surface area (Å²) in [7, 11) is 0. The predicted octanol–water partition coefficient (Wildman–Crippen LogP) is 8.12. The number of halogens is 2. The van der Waals surface area contributed by atoms with Crippen LogP contribution in [0.3, 0.4) is 0 Å². The molecule has 2 aliphatic heterocycles. The molecule has 3 aromatic rings. The number of primary amides is 1. The highest BCUT2D eigenvalue weighted by molar-refractivity contribution is 6.30. The lowest BCUT2D eigenvalue weighted by Crippen LogP contribution is -2.51. The average molecular weight is 650 g/mol. The number of aliphatic imine (C=N–C) groups is 1. The zero-order chi connectivity index (χ0) is 32.5. The van der Waals surface area contributed by atoms with E-state index in [0.717, 1.165) is 22.3 Å². The van der Waals surface area contributed by atoms with Crippen molar-refractivity contribution in [2.75, 3.05) is 19.7 Å². The second kappa shape index (κ2) is 13.1. The molecule has 1 saturated heterocycles. The van der Waals surface area contributed by atoms with Crippen LogP contribution in [0, 0.1) is 5.92 Å². The maximum atomic E-state index is 14.9. The van der Waals surface area contributed by atoms with Gasteiger partial charge >= 0.3 is 6.03 Å². The number of ether oxygens (including phenoxy) is 1. The molecule has 2 aliphatic rings. The fourth-order valence-corrected chi connectivity index (χ4v) is 6.75. The molecule has 3 aromatic carbocycles. The monoisotopic (exact) mass is 648 g/mol. The molecule has 0 spiro atoms. The van der Waals surface area contributed by atoms with Gasteiger partial charge < -0.3 is 15.4 Å². The van der Waals surface area contributed by atoms with Crippen LogP contribution in [-0.2, 0) is 15.7 Å². The Kier molecular flexibility index (Phi) is 9.52. The van der Waals surface area contributed by atoms with Crippen LogP contribution in [0.2, 0.25) is 10.0 Å². The van der Waals surface area contributed by atoms with Crippen molar-refractivity contribution in [3.05, 3.63) is 99.0 Å². The van der Waals surface area contributed by atoms with Gasteiger partial charge in [-0.15, -0.1) is 0 Å². The third-order valence-electron chi connectivity index (χ3n) is 9.08. The van der Waals surface area contributed by atoms with Crippen molar-refractivity contribution < 1.29 is 14.3 Å². The van der Waals surface area contributed by atoms with Crippen molar-refractivity contribution in [3.8, 4) is 5.75 Å². The molecule has 0 saturated carbocycles. The minimum Gasteiger partial charge on any atom is -0.493 e. The molecule has 9 heteroatoms. The van der Waals surface area contributed by atoms with E-state index >= 15 is 0 Å². The number of carbonyl (C=O) groups is 2. The molecular formula is C36H42Cl2N4O3. The summed E-state index contributed by atoms with van der Waals surface area (Å²) in [5.74, 6) is 0.646. The van der Waals surface area contributed by atoms with Crippen molar-refractivity contribution in [1.82, 2.24) is 9.80 Å². The first-order valence-corrected chi connectivity index (χ1v) is 16.4. The number of amides is 3. The van der Waals surface area contributed by atoms with Crippen LogP contribution >= 0.6 is 23.2 Å². The van der Waals surface area contributed by atoms with Gasteiger partial charge in [-0.05, 0) is 84.7 Å². The van der Waals surface area contributed by atoms with Crippen LogP contribution in [0.1, 0.15) is 82.2 Å². The smallest absolute Gasteiger partial charge is 0.326 e.